The molecule has 3 aromatic heterocycles. The molecule has 0 aliphatic heterocycles. The van der Waals surface area contributed by atoms with E-state index < -0.39 is 0 Å². The summed E-state index contributed by atoms with van der Waals surface area (Å²) in [6.45, 7) is 0. The summed E-state index contributed by atoms with van der Waals surface area (Å²) < 4.78 is 5.41. The molecule has 0 spiro atoms. The third kappa shape index (κ3) is 2.18. The van der Waals surface area contributed by atoms with E-state index >= 15 is 0 Å². The normalized spacial score (nSPS) is 19.0. The Morgan fingerprint density at radius 1 is 1.16 bits per heavy atom. The molecule has 1 atom stereocenters. The molecule has 0 bridgehead atoms. The Hall–Kier alpha value is -2.99. The fourth-order valence-electron chi connectivity index (χ4n) is 3.46. The second-order valence-corrected chi connectivity index (χ2v) is 6.74. The van der Waals surface area contributed by atoms with Crippen molar-refractivity contribution in [3.63, 3.8) is 0 Å². The Bertz CT molecular complexity index is 1020. The van der Waals surface area contributed by atoms with Crippen molar-refractivity contribution < 1.29 is 4.42 Å². The first-order valence-corrected chi connectivity index (χ1v) is 8.92. The van der Waals surface area contributed by atoms with E-state index in [2.05, 4.69) is 62.0 Å². The molecular weight excluding hydrogens is 332 g/mol. The number of hydrogen-bond acceptors (Lipinski definition) is 5. The van der Waals surface area contributed by atoms with Gasteiger partial charge < -0.3 is 4.42 Å². The highest BCUT2D eigenvalue weighted by Crippen LogP contribution is 2.42. The zero-order chi connectivity index (χ0) is 16.7. The van der Waals surface area contributed by atoms with Crippen molar-refractivity contribution in [3.05, 3.63) is 82.3 Å². The second kappa shape index (κ2) is 5.53. The quantitative estimate of drug-likeness (QED) is 0.607. The van der Waals surface area contributed by atoms with Gasteiger partial charge in [-0.2, -0.15) is 5.10 Å². The van der Waals surface area contributed by atoms with Crippen LogP contribution in [0.1, 0.15) is 22.5 Å². The van der Waals surface area contributed by atoms with Crippen LogP contribution in [0.25, 0.3) is 17.7 Å². The van der Waals surface area contributed by atoms with Gasteiger partial charge in [0, 0.05) is 23.1 Å². The van der Waals surface area contributed by atoms with Gasteiger partial charge in [-0.25, -0.2) is 9.97 Å². The lowest BCUT2D eigenvalue weighted by Crippen LogP contribution is -2.30. The number of aromatic nitrogens is 4. The van der Waals surface area contributed by atoms with E-state index in [1.165, 1.54) is 5.56 Å². The van der Waals surface area contributed by atoms with Gasteiger partial charge in [0.25, 0.3) is 0 Å². The first kappa shape index (κ1) is 14.4. The molecule has 0 saturated heterocycles. The van der Waals surface area contributed by atoms with Gasteiger partial charge in [0.2, 0.25) is 5.89 Å². The molecule has 5 nitrogen and oxygen atoms in total. The number of allylic oxidation sites excluding steroid dienone is 1. The molecule has 1 unspecified atom stereocenters. The van der Waals surface area contributed by atoms with Gasteiger partial charge in [-0.15, -0.1) is 11.3 Å². The van der Waals surface area contributed by atoms with Crippen LogP contribution in [0.3, 0.4) is 0 Å². The van der Waals surface area contributed by atoms with E-state index in [1.807, 2.05) is 11.6 Å². The first-order valence-electron chi connectivity index (χ1n) is 7.97. The number of aromatic amines is 1. The van der Waals surface area contributed by atoms with Crippen molar-refractivity contribution in [1.82, 2.24) is 20.2 Å². The number of nitrogens with zero attached hydrogens (tertiary/aromatic N) is 3. The van der Waals surface area contributed by atoms with E-state index in [0.29, 0.717) is 5.89 Å². The Morgan fingerprint density at radius 3 is 2.84 bits per heavy atom. The largest absolute Gasteiger partial charge is 0.443 e. The average molecular weight is 346 g/mol. The summed E-state index contributed by atoms with van der Waals surface area (Å²) >= 11 is 1.62. The van der Waals surface area contributed by atoms with E-state index in [-0.39, 0.29) is 5.41 Å². The Kier molecular flexibility index (Phi) is 3.18. The zero-order valence-corrected chi connectivity index (χ0v) is 14.0. The van der Waals surface area contributed by atoms with Gasteiger partial charge in [-0.05, 0) is 5.56 Å². The third-order valence-corrected chi connectivity index (χ3v) is 5.27. The maximum absolute atomic E-state index is 5.41. The number of H-pyrrole nitrogens is 1. The Labute approximate surface area is 148 Å². The number of rotatable bonds is 3. The van der Waals surface area contributed by atoms with Crippen molar-refractivity contribution >= 4 is 17.4 Å². The fraction of sp³-hybridized carbons (Fsp3) is 0.105. The molecule has 25 heavy (non-hydrogen) atoms. The highest BCUT2D eigenvalue weighted by Gasteiger charge is 2.38. The van der Waals surface area contributed by atoms with Crippen molar-refractivity contribution in [2.45, 2.75) is 11.8 Å². The minimum Gasteiger partial charge on any atom is -0.443 e. The number of nitrogens with one attached hydrogen (secondary N) is 1. The van der Waals surface area contributed by atoms with Crippen LogP contribution in [-0.2, 0) is 11.8 Å². The fourth-order valence-corrected chi connectivity index (χ4v) is 4.09. The molecule has 6 heteroatoms. The zero-order valence-electron chi connectivity index (χ0n) is 13.2. The van der Waals surface area contributed by atoms with Gasteiger partial charge in [-0.3, -0.25) is 5.10 Å². The summed E-state index contributed by atoms with van der Waals surface area (Å²) in [5.41, 5.74) is 6.70. The molecule has 1 N–H and O–H groups in total. The molecule has 1 aliphatic rings. The number of oxazole rings is 1. The molecule has 4 aromatic rings. The minimum absolute atomic E-state index is 0.297. The SMILES string of the molecule is C1=CC(c2ccccc2)(c2cscn2)Cc2[nH]nc(-c3ncco3)c21. The molecule has 0 fully saturated rings. The molecule has 0 radical (unpaired) electrons. The van der Waals surface area contributed by atoms with Gasteiger partial charge in [0.05, 0.1) is 22.8 Å². The van der Waals surface area contributed by atoms with E-state index in [0.717, 1.165) is 29.1 Å². The first-order chi connectivity index (χ1) is 12.4. The smallest absolute Gasteiger partial charge is 0.247 e. The maximum Gasteiger partial charge on any atom is 0.247 e. The molecule has 5 rings (SSSR count). The molecule has 0 saturated carbocycles. The van der Waals surface area contributed by atoms with E-state index in [1.54, 1.807) is 23.8 Å². The van der Waals surface area contributed by atoms with Crippen molar-refractivity contribution in [1.29, 1.82) is 0 Å². The molecule has 1 aromatic carbocycles. The van der Waals surface area contributed by atoms with Crippen LogP contribution >= 0.6 is 11.3 Å². The Morgan fingerprint density at radius 2 is 2.08 bits per heavy atom. The minimum atomic E-state index is -0.297. The van der Waals surface area contributed by atoms with Crippen LogP contribution < -0.4 is 0 Å². The number of fused-ring (bicyclic) bond motifs is 1. The maximum atomic E-state index is 5.41. The molecule has 1 aliphatic carbocycles. The van der Waals surface area contributed by atoms with Crippen LogP contribution in [0.2, 0.25) is 0 Å². The monoisotopic (exact) mass is 346 g/mol. The van der Waals surface area contributed by atoms with Gasteiger partial charge in [0.15, 0.2) is 5.69 Å². The van der Waals surface area contributed by atoms with Crippen LogP contribution in [0.5, 0.6) is 0 Å². The second-order valence-electron chi connectivity index (χ2n) is 6.02. The topological polar surface area (TPSA) is 67.6 Å². The molecule has 0 amide bonds. The standard InChI is InChI=1S/C19H14N4OS/c1-2-4-13(5-3-1)19(16-11-25-12-21-16)7-6-14-15(10-19)22-23-17(14)18-20-8-9-24-18/h1-9,11-12H,10H2,(H,22,23). The summed E-state index contributed by atoms with van der Waals surface area (Å²) in [5.74, 6) is 0.531. The lowest BCUT2D eigenvalue weighted by Gasteiger charge is -2.32. The molecule has 3 heterocycles. The van der Waals surface area contributed by atoms with Crippen LogP contribution in [-0.4, -0.2) is 20.2 Å². The number of benzene rings is 1. The Balaban J connectivity index is 1.66. The van der Waals surface area contributed by atoms with Crippen molar-refractivity contribution in [2.75, 3.05) is 0 Å². The molecular formula is C19H14N4OS. The predicted molar refractivity (Wildman–Crippen MR) is 96.2 cm³/mol. The summed E-state index contributed by atoms with van der Waals surface area (Å²) in [6.07, 6.45) is 8.29. The lowest BCUT2D eigenvalue weighted by molar-refractivity contribution is 0.571. The van der Waals surface area contributed by atoms with Crippen molar-refractivity contribution in [3.8, 4) is 11.6 Å². The molecule has 122 valence electrons. The number of thiazole rings is 1. The average Bonchev–Trinajstić information content (AvgIpc) is 3.42. The summed E-state index contributed by atoms with van der Waals surface area (Å²) in [4.78, 5) is 8.84. The van der Waals surface area contributed by atoms with Gasteiger partial charge >= 0.3 is 0 Å². The predicted octanol–water partition coefficient (Wildman–Crippen LogP) is 4.08. The van der Waals surface area contributed by atoms with E-state index in [4.69, 9.17) is 4.42 Å². The van der Waals surface area contributed by atoms with Crippen molar-refractivity contribution in [2.24, 2.45) is 0 Å². The third-order valence-electron chi connectivity index (χ3n) is 4.69. The van der Waals surface area contributed by atoms with Crippen LogP contribution in [0.15, 0.2) is 64.2 Å². The van der Waals surface area contributed by atoms with Gasteiger partial charge in [0.1, 0.15) is 6.26 Å². The summed E-state index contributed by atoms with van der Waals surface area (Å²) in [7, 11) is 0. The highest BCUT2D eigenvalue weighted by atomic mass is 32.1. The number of hydrogen-bond donors (Lipinski definition) is 1. The lowest BCUT2D eigenvalue weighted by atomic mass is 9.71. The summed E-state index contributed by atoms with van der Waals surface area (Å²) in [6, 6.07) is 10.5. The van der Waals surface area contributed by atoms with E-state index in [9.17, 15) is 0 Å². The van der Waals surface area contributed by atoms with Crippen LogP contribution in [0.4, 0.5) is 0 Å². The summed E-state index contributed by atoms with van der Waals surface area (Å²) in [5, 5.41) is 9.72. The highest BCUT2D eigenvalue weighted by molar-refractivity contribution is 7.07. The van der Waals surface area contributed by atoms with Gasteiger partial charge in [-0.1, -0.05) is 42.5 Å². The van der Waals surface area contributed by atoms with Crippen LogP contribution in [0, 0.1) is 0 Å².